The molecule has 0 saturated carbocycles. The molecule has 2 nitrogen and oxygen atoms in total. The van der Waals surface area contributed by atoms with Gasteiger partial charge in [0.15, 0.2) is 0 Å². The lowest BCUT2D eigenvalue weighted by Crippen LogP contribution is -2.14. The zero-order chi connectivity index (χ0) is 13.1. The molecule has 0 heterocycles. The van der Waals surface area contributed by atoms with E-state index in [0.29, 0.717) is 5.69 Å². The SMILES string of the molecule is Cc1cccc(NC(=O)c2cc(C)ccc2F)c1. The number of hydrogen-bond acceptors (Lipinski definition) is 1. The van der Waals surface area contributed by atoms with Gasteiger partial charge in [-0.15, -0.1) is 0 Å². The number of hydrogen-bond donors (Lipinski definition) is 1. The molecule has 2 aromatic rings. The molecule has 0 aromatic heterocycles. The van der Waals surface area contributed by atoms with Gasteiger partial charge in [-0.25, -0.2) is 4.39 Å². The Balaban J connectivity index is 2.24. The summed E-state index contributed by atoms with van der Waals surface area (Å²) in [5.41, 5.74) is 2.63. The molecule has 1 N–H and O–H groups in total. The minimum Gasteiger partial charge on any atom is -0.322 e. The van der Waals surface area contributed by atoms with Crippen molar-refractivity contribution < 1.29 is 9.18 Å². The van der Waals surface area contributed by atoms with Crippen molar-refractivity contribution in [1.82, 2.24) is 0 Å². The highest BCUT2D eigenvalue weighted by Gasteiger charge is 2.11. The Bertz CT molecular complexity index is 593. The Morgan fingerprint density at radius 1 is 1.06 bits per heavy atom. The fourth-order valence-electron chi connectivity index (χ4n) is 1.73. The maximum Gasteiger partial charge on any atom is 0.258 e. The van der Waals surface area contributed by atoms with E-state index in [1.54, 1.807) is 18.2 Å². The van der Waals surface area contributed by atoms with Crippen molar-refractivity contribution in [2.75, 3.05) is 5.32 Å². The molecule has 0 atom stereocenters. The summed E-state index contributed by atoms with van der Waals surface area (Å²) in [5.74, 6) is -0.937. The molecule has 0 bridgehead atoms. The molecular weight excluding hydrogens is 229 g/mol. The fourth-order valence-corrected chi connectivity index (χ4v) is 1.73. The van der Waals surface area contributed by atoms with Crippen LogP contribution in [-0.4, -0.2) is 5.91 Å². The van der Waals surface area contributed by atoms with E-state index in [2.05, 4.69) is 5.32 Å². The topological polar surface area (TPSA) is 29.1 Å². The molecule has 0 aliphatic carbocycles. The number of halogens is 1. The largest absolute Gasteiger partial charge is 0.322 e. The van der Waals surface area contributed by atoms with Gasteiger partial charge in [-0.2, -0.15) is 0 Å². The van der Waals surface area contributed by atoms with Gasteiger partial charge < -0.3 is 5.32 Å². The third kappa shape index (κ3) is 2.74. The number of carbonyl (C=O) groups excluding carboxylic acids is 1. The monoisotopic (exact) mass is 243 g/mol. The number of carbonyl (C=O) groups is 1. The van der Waals surface area contributed by atoms with Crippen LogP contribution in [-0.2, 0) is 0 Å². The third-order valence-corrected chi connectivity index (χ3v) is 2.64. The fraction of sp³-hybridized carbons (Fsp3) is 0.133. The normalized spacial score (nSPS) is 10.2. The van der Waals surface area contributed by atoms with Crippen LogP contribution < -0.4 is 5.32 Å². The van der Waals surface area contributed by atoms with Crippen LogP contribution >= 0.6 is 0 Å². The second-order valence-corrected chi connectivity index (χ2v) is 4.31. The number of anilines is 1. The van der Waals surface area contributed by atoms with E-state index < -0.39 is 11.7 Å². The zero-order valence-corrected chi connectivity index (χ0v) is 10.3. The van der Waals surface area contributed by atoms with Gasteiger partial charge in [0, 0.05) is 5.69 Å². The third-order valence-electron chi connectivity index (χ3n) is 2.64. The van der Waals surface area contributed by atoms with Crippen molar-refractivity contribution in [2.45, 2.75) is 13.8 Å². The first-order valence-electron chi connectivity index (χ1n) is 5.70. The van der Waals surface area contributed by atoms with Crippen LogP contribution in [0.3, 0.4) is 0 Å². The second-order valence-electron chi connectivity index (χ2n) is 4.31. The van der Waals surface area contributed by atoms with E-state index in [1.165, 1.54) is 6.07 Å². The molecular formula is C15H14FNO. The van der Waals surface area contributed by atoms with Gasteiger partial charge in [-0.3, -0.25) is 4.79 Å². The predicted octanol–water partition coefficient (Wildman–Crippen LogP) is 3.69. The average Bonchev–Trinajstić information content (AvgIpc) is 2.32. The van der Waals surface area contributed by atoms with E-state index in [-0.39, 0.29) is 5.56 Å². The average molecular weight is 243 g/mol. The van der Waals surface area contributed by atoms with Crippen molar-refractivity contribution >= 4 is 11.6 Å². The Labute approximate surface area is 105 Å². The van der Waals surface area contributed by atoms with Crippen LogP contribution in [0.2, 0.25) is 0 Å². The molecule has 0 aliphatic heterocycles. The van der Waals surface area contributed by atoms with Crippen LogP contribution in [0, 0.1) is 19.7 Å². The Hall–Kier alpha value is -2.16. The smallest absolute Gasteiger partial charge is 0.258 e. The van der Waals surface area contributed by atoms with Gasteiger partial charge in [0.25, 0.3) is 5.91 Å². The molecule has 2 rings (SSSR count). The van der Waals surface area contributed by atoms with Crippen molar-refractivity contribution in [3.05, 3.63) is 65.0 Å². The zero-order valence-electron chi connectivity index (χ0n) is 10.3. The molecule has 2 aromatic carbocycles. The number of nitrogens with one attached hydrogen (secondary N) is 1. The van der Waals surface area contributed by atoms with Gasteiger partial charge in [0.05, 0.1) is 5.56 Å². The summed E-state index contributed by atoms with van der Waals surface area (Å²) in [4.78, 5) is 11.9. The first kappa shape index (κ1) is 12.3. The van der Waals surface area contributed by atoms with E-state index in [4.69, 9.17) is 0 Å². The van der Waals surface area contributed by atoms with Crippen molar-refractivity contribution in [1.29, 1.82) is 0 Å². The Morgan fingerprint density at radius 2 is 1.78 bits per heavy atom. The van der Waals surface area contributed by atoms with Crippen molar-refractivity contribution in [3.63, 3.8) is 0 Å². The lowest BCUT2D eigenvalue weighted by molar-refractivity contribution is 0.102. The summed E-state index contributed by atoms with van der Waals surface area (Å²) >= 11 is 0. The predicted molar refractivity (Wildman–Crippen MR) is 70.3 cm³/mol. The van der Waals surface area contributed by atoms with E-state index in [9.17, 15) is 9.18 Å². The highest BCUT2D eigenvalue weighted by atomic mass is 19.1. The standard InChI is InChI=1S/C15H14FNO/c1-10-4-3-5-12(8-10)17-15(18)13-9-11(2)6-7-14(13)16/h3-9H,1-2H3,(H,17,18). The molecule has 92 valence electrons. The van der Waals surface area contributed by atoms with Gasteiger partial charge in [0.2, 0.25) is 0 Å². The lowest BCUT2D eigenvalue weighted by atomic mass is 10.1. The Morgan fingerprint density at radius 3 is 2.50 bits per heavy atom. The van der Waals surface area contributed by atoms with Crippen LogP contribution in [0.1, 0.15) is 21.5 Å². The maximum absolute atomic E-state index is 13.5. The maximum atomic E-state index is 13.5. The molecule has 0 radical (unpaired) electrons. The molecule has 0 spiro atoms. The minimum atomic E-state index is -0.509. The molecule has 0 saturated heterocycles. The van der Waals surface area contributed by atoms with Gasteiger partial charge >= 0.3 is 0 Å². The molecule has 0 fully saturated rings. The Kier molecular flexibility index (Phi) is 3.42. The van der Waals surface area contributed by atoms with E-state index >= 15 is 0 Å². The first-order valence-corrected chi connectivity index (χ1v) is 5.70. The number of aryl methyl sites for hydroxylation is 2. The summed E-state index contributed by atoms with van der Waals surface area (Å²) in [6.45, 7) is 3.76. The summed E-state index contributed by atoms with van der Waals surface area (Å²) in [6.07, 6.45) is 0. The second kappa shape index (κ2) is 5.00. The molecule has 18 heavy (non-hydrogen) atoms. The molecule has 0 unspecified atom stereocenters. The quantitative estimate of drug-likeness (QED) is 0.856. The highest BCUT2D eigenvalue weighted by Crippen LogP contribution is 2.14. The molecule has 1 amide bonds. The number of rotatable bonds is 2. The van der Waals surface area contributed by atoms with Gasteiger partial charge in [-0.1, -0.05) is 23.8 Å². The van der Waals surface area contributed by atoms with E-state index in [1.807, 2.05) is 32.0 Å². The van der Waals surface area contributed by atoms with Crippen LogP contribution in [0.5, 0.6) is 0 Å². The van der Waals surface area contributed by atoms with Crippen molar-refractivity contribution in [3.8, 4) is 0 Å². The summed E-state index contributed by atoms with van der Waals surface area (Å²) < 4.78 is 13.5. The summed E-state index contributed by atoms with van der Waals surface area (Å²) in [6, 6.07) is 11.9. The number of benzene rings is 2. The van der Waals surface area contributed by atoms with Crippen LogP contribution in [0.25, 0.3) is 0 Å². The lowest BCUT2D eigenvalue weighted by Gasteiger charge is -2.07. The number of amides is 1. The van der Waals surface area contributed by atoms with Crippen molar-refractivity contribution in [2.24, 2.45) is 0 Å². The highest BCUT2D eigenvalue weighted by molar-refractivity contribution is 6.04. The van der Waals surface area contributed by atoms with Crippen LogP contribution in [0.4, 0.5) is 10.1 Å². The van der Waals surface area contributed by atoms with Gasteiger partial charge in [-0.05, 0) is 43.7 Å². The minimum absolute atomic E-state index is 0.0662. The molecule has 3 heteroatoms. The van der Waals surface area contributed by atoms with Crippen LogP contribution in [0.15, 0.2) is 42.5 Å². The van der Waals surface area contributed by atoms with E-state index in [0.717, 1.165) is 11.1 Å². The molecule has 0 aliphatic rings. The summed E-state index contributed by atoms with van der Waals surface area (Å²) in [5, 5.41) is 2.69. The first-order chi connectivity index (χ1) is 8.56. The van der Waals surface area contributed by atoms with Gasteiger partial charge in [0.1, 0.15) is 5.82 Å². The summed E-state index contributed by atoms with van der Waals surface area (Å²) in [7, 11) is 0.